The summed E-state index contributed by atoms with van der Waals surface area (Å²) in [6.07, 6.45) is 6.92. The van der Waals surface area contributed by atoms with Crippen molar-refractivity contribution in [1.29, 1.82) is 5.41 Å². The molecule has 1 unspecified atom stereocenters. The molecular weight excluding hydrogens is 511 g/mol. The molecule has 2 aliphatic rings. The molecule has 210 valence electrons. The summed E-state index contributed by atoms with van der Waals surface area (Å²) in [6.45, 7) is 6.57. The zero-order chi connectivity index (χ0) is 28.4. The van der Waals surface area contributed by atoms with E-state index in [1.165, 1.54) is 0 Å². The highest BCUT2D eigenvalue weighted by Crippen LogP contribution is 2.45. The lowest BCUT2D eigenvalue weighted by Gasteiger charge is -2.40. The van der Waals surface area contributed by atoms with Gasteiger partial charge in [0.25, 0.3) is 0 Å². The van der Waals surface area contributed by atoms with Gasteiger partial charge < -0.3 is 25.8 Å². The number of anilines is 3. The van der Waals surface area contributed by atoms with Crippen molar-refractivity contribution in [2.75, 3.05) is 24.2 Å². The van der Waals surface area contributed by atoms with Crippen LogP contribution in [0.3, 0.4) is 0 Å². The van der Waals surface area contributed by atoms with Crippen molar-refractivity contribution < 1.29 is 9.18 Å². The zero-order valence-electron chi connectivity index (χ0n) is 23.2. The maximum Gasteiger partial charge on any atom is 0.320 e. The van der Waals surface area contributed by atoms with Gasteiger partial charge in [-0.05, 0) is 58.1 Å². The average molecular weight is 547 g/mol. The number of allylic oxidation sites excluding steroid dienone is 1. The smallest absolute Gasteiger partial charge is 0.320 e. The minimum atomic E-state index is -0.694. The maximum absolute atomic E-state index is 13.4. The number of hydrogen-bond acceptors (Lipinski definition) is 8. The molecule has 0 bridgehead atoms. The third kappa shape index (κ3) is 5.51. The SMILES string of the molecule is Cc1cc(Nc2cc(C)[nH]n2)nc(C2CCC3(CC2)CN(C(C)c2ccc(N/C=C(/F)C=N)nc2)C(=O)N3C)n1. The predicted octanol–water partition coefficient (Wildman–Crippen LogP) is 5.35. The highest BCUT2D eigenvalue weighted by molar-refractivity contribution is 5.78. The first kappa shape index (κ1) is 27.2. The maximum atomic E-state index is 13.4. The van der Waals surface area contributed by atoms with Gasteiger partial charge >= 0.3 is 6.03 Å². The van der Waals surface area contributed by atoms with Gasteiger partial charge in [-0.1, -0.05) is 6.07 Å². The highest BCUT2D eigenvalue weighted by atomic mass is 19.1. The van der Waals surface area contributed by atoms with Crippen molar-refractivity contribution in [3.63, 3.8) is 0 Å². The summed E-state index contributed by atoms with van der Waals surface area (Å²) < 4.78 is 13.2. The molecule has 11 nitrogen and oxygen atoms in total. The molecule has 0 radical (unpaired) electrons. The van der Waals surface area contributed by atoms with Gasteiger partial charge in [-0.25, -0.2) is 24.1 Å². The van der Waals surface area contributed by atoms with E-state index in [1.807, 2.05) is 55.8 Å². The molecular formula is C28H35FN10O. The fraction of sp³-hybridized carbons (Fsp3) is 0.429. The number of halogens is 1. The number of H-pyrrole nitrogens is 1. The number of amides is 2. The van der Waals surface area contributed by atoms with E-state index in [-0.39, 0.29) is 23.5 Å². The number of aromatic amines is 1. The summed E-state index contributed by atoms with van der Waals surface area (Å²) in [4.78, 5) is 31.1. The molecule has 1 saturated carbocycles. The highest BCUT2D eigenvalue weighted by Gasteiger charge is 2.50. The Kier molecular flexibility index (Phi) is 7.51. The minimum Gasteiger partial charge on any atom is -0.344 e. The number of pyridine rings is 1. The number of likely N-dealkylation sites (N-methyl/N-ethyl adjacent to an activating group) is 1. The third-order valence-corrected chi connectivity index (χ3v) is 8.06. The third-order valence-electron chi connectivity index (χ3n) is 8.06. The molecule has 12 heteroatoms. The molecule has 3 aromatic rings. The lowest BCUT2D eigenvalue weighted by Crippen LogP contribution is -2.47. The Morgan fingerprint density at radius 2 is 1.98 bits per heavy atom. The average Bonchev–Trinajstić information content (AvgIpc) is 3.47. The number of nitrogens with one attached hydrogen (secondary N) is 4. The Balaban J connectivity index is 1.24. The molecule has 1 aliphatic heterocycles. The minimum absolute atomic E-state index is 0.0109. The fourth-order valence-corrected chi connectivity index (χ4v) is 5.65. The molecule has 1 atom stereocenters. The largest absolute Gasteiger partial charge is 0.344 e. The topological polar surface area (TPSA) is 139 Å². The van der Waals surface area contributed by atoms with Gasteiger partial charge in [0.2, 0.25) is 0 Å². The van der Waals surface area contributed by atoms with Crippen molar-refractivity contribution in [2.45, 2.75) is 64.0 Å². The van der Waals surface area contributed by atoms with E-state index in [4.69, 9.17) is 15.4 Å². The van der Waals surface area contributed by atoms with Crippen molar-refractivity contribution in [2.24, 2.45) is 0 Å². The second-order valence-corrected chi connectivity index (χ2v) is 10.8. The molecule has 40 heavy (non-hydrogen) atoms. The van der Waals surface area contributed by atoms with Crippen molar-refractivity contribution in [3.05, 3.63) is 65.3 Å². The lowest BCUT2D eigenvalue weighted by atomic mass is 9.75. The van der Waals surface area contributed by atoms with E-state index in [2.05, 4.69) is 25.8 Å². The summed E-state index contributed by atoms with van der Waals surface area (Å²) in [5, 5.41) is 20.1. The molecule has 0 aromatic carbocycles. The van der Waals surface area contributed by atoms with Crippen LogP contribution in [0.4, 0.5) is 26.6 Å². The van der Waals surface area contributed by atoms with Crippen LogP contribution in [0.15, 0.2) is 42.5 Å². The number of carbonyl (C=O) groups is 1. The van der Waals surface area contributed by atoms with E-state index >= 15 is 0 Å². The first-order valence-electron chi connectivity index (χ1n) is 13.4. The summed E-state index contributed by atoms with van der Waals surface area (Å²) in [7, 11) is 1.90. The van der Waals surface area contributed by atoms with Gasteiger partial charge in [-0.2, -0.15) is 5.10 Å². The Labute approximate surface area is 232 Å². The number of hydrogen-bond donors (Lipinski definition) is 4. The van der Waals surface area contributed by atoms with Crippen LogP contribution in [0.1, 0.15) is 67.3 Å². The van der Waals surface area contributed by atoms with Gasteiger partial charge in [0.15, 0.2) is 11.6 Å². The Hall–Kier alpha value is -4.35. The molecule has 3 aromatic heterocycles. The molecule has 5 rings (SSSR count). The quantitative estimate of drug-likeness (QED) is 0.279. The van der Waals surface area contributed by atoms with Gasteiger partial charge in [0.05, 0.1) is 17.8 Å². The summed E-state index contributed by atoms with van der Waals surface area (Å²) in [5.41, 5.74) is 2.54. The van der Waals surface area contributed by atoms with Crippen LogP contribution in [0.25, 0.3) is 0 Å². The molecule has 1 spiro atoms. The monoisotopic (exact) mass is 546 g/mol. The number of rotatable bonds is 8. The Morgan fingerprint density at radius 3 is 2.62 bits per heavy atom. The van der Waals surface area contributed by atoms with Crippen LogP contribution in [0.2, 0.25) is 0 Å². The van der Waals surface area contributed by atoms with Crippen molar-refractivity contribution >= 4 is 29.7 Å². The normalized spacial score (nSPS) is 22.1. The lowest BCUT2D eigenvalue weighted by molar-refractivity contribution is 0.132. The van der Waals surface area contributed by atoms with Crippen molar-refractivity contribution in [3.8, 4) is 0 Å². The Morgan fingerprint density at radius 1 is 1.20 bits per heavy atom. The first-order chi connectivity index (χ1) is 19.2. The number of nitrogens with zero attached hydrogens (tertiary/aromatic N) is 6. The summed E-state index contributed by atoms with van der Waals surface area (Å²) in [6, 6.07) is 7.32. The van der Waals surface area contributed by atoms with E-state index < -0.39 is 5.83 Å². The van der Waals surface area contributed by atoms with Crippen LogP contribution < -0.4 is 10.6 Å². The van der Waals surface area contributed by atoms with E-state index in [1.54, 1.807) is 12.3 Å². The van der Waals surface area contributed by atoms with E-state index in [9.17, 15) is 9.18 Å². The van der Waals surface area contributed by atoms with Crippen LogP contribution in [0, 0.1) is 19.3 Å². The molecule has 4 heterocycles. The van der Waals surface area contributed by atoms with Gasteiger partial charge in [-0.15, -0.1) is 0 Å². The summed E-state index contributed by atoms with van der Waals surface area (Å²) in [5.74, 6) is 2.27. The predicted molar refractivity (Wildman–Crippen MR) is 151 cm³/mol. The van der Waals surface area contributed by atoms with Gasteiger partial charge in [-0.3, -0.25) is 5.10 Å². The van der Waals surface area contributed by atoms with Gasteiger partial charge in [0, 0.05) is 55.4 Å². The zero-order valence-corrected chi connectivity index (χ0v) is 23.2. The Bertz CT molecular complexity index is 1410. The molecule has 2 fully saturated rings. The number of aromatic nitrogens is 5. The molecule has 1 saturated heterocycles. The van der Waals surface area contributed by atoms with Gasteiger partial charge in [0.1, 0.15) is 17.5 Å². The summed E-state index contributed by atoms with van der Waals surface area (Å²) >= 11 is 0. The van der Waals surface area contributed by atoms with E-state index in [0.717, 1.165) is 66.3 Å². The van der Waals surface area contributed by atoms with E-state index in [0.29, 0.717) is 18.6 Å². The molecule has 1 aliphatic carbocycles. The first-order valence-corrected chi connectivity index (χ1v) is 13.4. The fourth-order valence-electron chi connectivity index (χ4n) is 5.65. The standard InChI is InChI=1S/C28H35FN10O/c1-17-11-24(34-25-12-18(2)36-37-25)35-26(33-17)20-7-9-28(10-8-20)16-39(27(40)38(28)4)19(3)21-5-6-23(31-14-21)32-15-22(29)13-30/h5-6,11-15,19-20,30H,7-10,16H2,1-4H3,(H,31,32)(H2,33,34,35,36,37)/b22-15+,30-13?. The van der Waals surface area contributed by atoms with Crippen LogP contribution in [-0.4, -0.2) is 66.3 Å². The molecule has 2 amide bonds. The van der Waals surface area contributed by atoms with Crippen molar-refractivity contribution in [1.82, 2.24) is 34.9 Å². The number of carbonyl (C=O) groups excluding carboxylic acids is 1. The second kappa shape index (κ2) is 11.0. The second-order valence-electron chi connectivity index (χ2n) is 10.8. The van der Waals surface area contributed by atoms with Crippen LogP contribution in [0.5, 0.6) is 0 Å². The number of urea groups is 1. The van der Waals surface area contributed by atoms with Crippen LogP contribution in [-0.2, 0) is 0 Å². The van der Waals surface area contributed by atoms with Crippen LogP contribution >= 0.6 is 0 Å². The molecule has 4 N–H and O–H groups in total. The number of aryl methyl sites for hydroxylation is 2.